The number of nitrogens with one attached hydrogen (secondary N) is 1. The molecule has 3 aromatic carbocycles. The van der Waals surface area contributed by atoms with Gasteiger partial charge in [-0.2, -0.15) is 0 Å². The van der Waals surface area contributed by atoms with Crippen molar-refractivity contribution >= 4 is 50.7 Å². The van der Waals surface area contributed by atoms with E-state index in [1.54, 1.807) is 31.2 Å². The summed E-state index contributed by atoms with van der Waals surface area (Å²) >= 11 is 12.5. The van der Waals surface area contributed by atoms with Gasteiger partial charge in [-0.05, 0) is 56.2 Å². The van der Waals surface area contributed by atoms with Gasteiger partial charge in [0.15, 0.2) is 0 Å². The fraction of sp³-hybridized carbons (Fsp3) is 0.310. The van der Waals surface area contributed by atoms with E-state index in [0.29, 0.717) is 0 Å². The van der Waals surface area contributed by atoms with Crippen molar-refractivity contribution in [2.75, 3.05) is 10.8 Å². The second-order valence-electron chi connectivity index (χ2n) is 9.70. The number of halogens is 3. The summed E-state index contributed by atoms with van der Waals surface area (Å²) in [6.07, 6.45) is 3.70. The highest BCUT2D eigenvalue weighted by atomic mass is 35.5. The van der Waals surface area contributed by atoms with Crippen molar-refractivity contribution in [2.24, 2.45) is 0 Å². The summed E-state index contributed by atoms with van der Waals surface area (Å²) in [5.41, 5.74) is 0.232. The van der Waals surface area contributed by atoms with E-state index in [9.17, 15) is 22.4 Å². The smallest absolute Gasteiger partial charge is 0.264 e. The number of rotatable bonds is 10. The number of benzene rings is 3. The normalized spacial score (nSPS) is 14.5. The van der Waals surface area contributed by atoms with Gasteiger partial charge in [-0.15, -0.1) is 0 Å². The molecule has 1 atom stereocenters. The predicted octanol–water partition coefficient (Wildman–Crippen LogP) is 5.80. The van der Waals surface area contributed by atoms with Gasteiger partial charge in [-0.1, -0.05) is 72.4 Å². The summed E-state index contributed by atoms with van der Waals surface area (Å²) < 4.78 is 43.1. The van der Waals surface area contributed by atoms with Crippen molar-refractivity contribution in [1.82, 2.24) is 10.2 Å². The third-order valence-corrected chi connectivity index (χ3v) is 9.27. The Morgan fingerprint density at radius 3 is 2.30 bits per heavy atom. The van der Waals surface area contributed by atoms with Crippen LogP contribution in [0.25, 0.3) is 0 Å². The molecule has 212 valence electrons. The lowest BCUT2D eigenvalue weighted by molar-refractivity contribution is -0.139. The first-order chi connectivity index (χ1) is 19.1. The minimum Gasteiger partial charge on any atom is -0.352 e. The molecule has 0 saturated heterocycles. The van der Waals surface area contributed by atoms with Crippen LogP contribution in [0.4, 0.5) is 10.1 Å². The van der Waals surface area contributed by atoms with Gasteiger partial charge in [0.1, 0.15) is 18.4 Å². The maximum Gasteiger partial charge on any atom is 0.264 e. The lowest BCUT2D eigenvalue weighted by Gasteiger charge is -2.32. The predicted molar refractivity (Wildman–Crippen MR) is 154 cm³/mol. The summed E-state index contributed by atoms with van der Waals surface area (Å²) in [7, 11) is -4.28. The molecule has 11 heteroatoms. The van der Waals surface area contributed by atoms with Crippen LogP contribution in [0.15, 0.2) is 77.7 Å². The number of amides is 2. The molecule has 0 spiro atoms. The molecule has 4 rings (SSSR count). The van der Waals surface area contributed by atoms with Gasteiger partial charge in [0, 0.05) is 23.2 Å². The molecule has 2 amide bonds. The number of hydrogen-bond acceptors (Lipinski definition) is 4. The Morgan fingerprint density at radius 1 is 1.00 bits per heavy atom. The zero-order valence-corrected chi connectivity index (χ0v) is 24.2. The quantitative estimate of drug-likeness (QED) is 0.316. The Balaban J connectivity index is 1.71. The average molecular weight is 607 g/mol. The number of nitrogens with zero attached hydrogens (tertiary/aromatic N) is 2. The van der Waals surface area contributed by atoms with Crippen LogP contribution in [-0.2, 0) is 26.2 Å². The highest BCUT2D eigenvalue weighted by molar-refractivity contribution is 7.92. The van der Waals surface area contributed by atoms with Crippen molar-refractivity contribution in [2.45, 2.75) is 56.1 Å². The van der Waals surface area contributed by atoms with Gasteiger partial charge in [0.25, 0.3) is 10.0 Å². The molecule has 40 heavy (non-hydrogen) atoms. The van der Waals surface area contributed by atoms with Crippen LogP contribution in [-0.4, -0.2) is 43.8 Å². The van der Waals surface area contributed by atoms with Crippen LogP contribution < -0.4 is 9.62 Å². The SMILES string of the molecule is C[C@H](C(=O)NC1CCCC1)N(Cc1ccccc1F)C(=O)CN(c1ccc(Cl)cc1Cl)S(=O)(=O)c1ccccc1. The second kappa shape index (κ2) is 13.0. The van der Waals surface area contributed by atoms with Crippen molar-refractivity contribution < 1.29 is 22.4 Å². The van der Waals surface area contributed by atoms with E-state index in [0.717, 1.165) is 30.0 Å². The van der Waals surface area contributed by atoms with Crippen LogP contribution in [0.5, 0.6) is 0 Å². The molecule has 1 aliphatic rings. The van der Waals surface area contributed by atoms with Gasteiger partial charge in [0.05, 0.1) is 15.6 Å². The van der Waals surface area contributed by atoms with E-state index in [-0.39, 0.29) is 38.8 Å². The van der Waals surface area contributed by atoms with Crippen molar-refractivity contribution in [3.8, 4) is 0 Å². The molecular formula is C29H30Cl2FN3O4S. The minimum absolute atomic E-state index is 0.00296. The molecule has 1 N–H and O–H groups in total. The van der Waals surface area contributed by atoms with Gasteiger partial charge in [-0.25, -0.2) is 12.8 Å². The molecule has 1 saturated carbocycles. The van der Waals surface area contributed by atoms with Crippen LogP contribution in [0.2, 0.25) is 10.0 Å². The first-order valence-corrected chi connectivity index (χ1v) is 15.1. The lowest BCUT2D eigenvalue weighted by Crippen LogP contribution is -2.52. The summed E-state index contributed by atoms with van der Waals surface area (Å²) in [5.74, 6) is -1.64. The van der Waals surface area contributed by atoms with Crippen molar-refractivity contribution in [1.29, 1.82) is 0 Å². The molecule has 0 radical (unpaired) electrons. The Morgan fingerprint density at radius 2 is 1.65 bits per heavy atom. The summed E-state index contributed by atoms with van der Waals surface area (Å²) in [4.78, 5) is 28.3. The van der Waals surface area contributed by atoms with E-state index in [1.165, 1.54) is 53.4 Å². The Labute approximate surface area is 243 Å². The zero-order chi connectivity index (χ0) is 28.9. The molecule has 0 unspecified atom stereocenters. The van der Waals surface area contributed by atoms with E-state index >= 15 is 0 Å². The molecule has 3 aromatic rings. The molecule has 0 heterocycles. The molecular weight excluding hydrogens is 576 g/mol. The van der Waals surface area contributed by atoms with E-state index in [1.807, 2.05) is 0 Å². The first kappa shape index (κ1) is 29.8. The summed E-state index contributed by atoms with van der Waals surface area (Å²) in [6.45, 7) is 0.626. The van der Waals surface area contributed by atoms with E-state index < -0.39 is 40.2 Å². The molecule has 0 aliphatic heterocycles. The third kappa shape index (κ3) is 6.95. The monoisotopic (exact) mass is 605 g/mol. The van der Waals surface area contributed by atoms with Crippen LogP contribution >= 0.6 is 23.2 Å². The van der Waals surface area contributed by atoms with Gasteiger partial charge in [-0.3, -0.25) is 13.9 Å². The third-order valence-electron chi connectivity index (χ3n) is 6.96. The highest BCUT2D eigenvalue weighted by Crippen LogP contribution is 2.33. The summed E-state index contributed by atoms with van der Waals surface area (Å²) in [6, 6.07) is 16.8. The maximum absolute atomic E-state index is 14.7. The zero-order valence-electron chi connectivity index (χ0n) is 21.9. The fourth-order valence-electron chi connectivity index (χ4n) is 4.70. The second-order valence-corrected chi connectivity index (χ2v) is 12.4. The summed E-state index contributed by atoms with van der Waals surface area (Å²) in [5, 5.41) is 3.28. The van der Waals surface area contributed by atoms with Gasteiger partial charge < -0.3 is 10.2 Å². The van der Waals surface area contributed by atoms with E-state index in [4.69, 9.17) is 23.2 Å². The van der Waals surface area contributed by atoms with E-state index in [2.05, 4.69) is 5.32 Å². The van der Waals surface area contributed by atoms with Crippen LogP contribution in [0, 0.1) is 5.82 Å². The highest BCUT2D eigenvalue weighted by Gasteiger charge is 2.34. The standard InChI is InChI=1S/C29H30Cl2FN3O4S/c1-20(29(37)33-23-10-6-7-11-23)34(18-21-9-5-8-14-26(21)32)28(36)19-35(27-16-15-22(30)17-25(27)31)40(38,39)24-12-3-2-4-13-24/h2-5,8-9,12-17,20,23H,6-7,10-11,18-19H2,1H3,(H,33,37)/t20-/m1/s1. The Bertz CT molecular complexity index is 1470. The Kier molecular flexibility index (Phi) is 9.71. The molecule has 1 fully saturated rings. The largest absolute Gasteiger partial charge is 0.352 e. The van der Waals surface area contributed by atoms with Gasteiger partial charge in [0.2, 0.25) is 11.8 Å². The Hall–Kier alpha value is -3.14. The maximum atomic E-state index is 14.7. The number of carbonyl (C=O) groups is 2. The van der Waals surface area contributed by atoms with Crippen LogP contribution in [0.3, 0.4) is 0 Å². The van der Waals surface area contributed by atoms with Crippen molar-refractivity contribution in [3.05, 3.63) is 94.2 Å². The van der Waals surface area contributed by atoms with Crippen LogP contribution in [0.1, 0.15) is 38.2 Å². The number of anilines is 1. The molecule has 0 aromatic heterocycles. The molecule has 1 aliphatic carbocycles. The fourth-order valence-corrected chi connectivity index (χ4v) is 6.72. The number of carbonyl (C=O) groups excluding carboxylic acids is 2. The number of sulfonamides is 1. The first-order valence-electron chi connectivity index (χ1n) is 12.9. The van der Waals surface area contributed by atoms with Gasteiger partial charge >= 0.3 is 0 Å². The number of hydrogen-bond donors (Lipinski definition) is 1. The van der Waals surface area contributed by atoms with Crippen molar-refractivity contribution in [3.63, 3.8) is 0 Å². The molecule has 7 nitrogen and oxygen atoms in total. The minimum atomic E-state index is -4.28. The topological polar surface area (TPSA) is 86.8 Å². The molecule has 0 bridgehead atoms. The average Bonchev–Trinajstić information content (AvgIpc) is 3.44. The lowest BCUT2D eigenvalue weighted by atomic mass is 10.1.